The molecule has 1 atom stereocenters. The second-order valence-electron chi connectivity index (χ2n) is 5.80. The van der Waals surface area contributed by atoms with E-state index < -0.39 is 5.82 Å². The Morgan fingerprint density at radius 3 is 2.92 bits per heavy atom. The van der Waals surface area contributed by atoms with Gasteiger partial charge in [0.2, 0.25) is 5.91 Å². The molecule has 3 rings (SSSR count). The Morgan fingerprint density at radius 1 is 1.40 bits per heavy atom. The number of fused-ring (bicyclic) bond motifs is 1. The average Bonchev–Trinajstić information content (AvgIpc) is 2.91. The fraction of sp³-hybridized carbons (Fsp3) is 0.278. The summed E-state index contributed by atoms with van der Waals surface area (Å²) in [5.41, 5.74) is 2.14. The minimum absolute atomic E-state index is 0.0460. The van der Waals surface area contributed by atoms with Crippen molar-refractivity contribution in [1.29, 1.82) is 0 Å². The van der Waals surface area contributed by atoms with Crippen molar-refractivity contribution in [2.24, 2.45) is 0 Å². The van der Waals surface area contributed by atoms with Crippen LogP contribution in [0.4, 0.5) is 4.39 Å². The van der Waals surface area contributed by atoms with Gasteiger partial charge in [0.15, 0.2) is 17.2 Å². The van der Waals surface area contributed by atoms with Crippen LogP contribution >= 0.6 is 0 Å². The lowest BCUT2D eigenvalue weighted by atomic mass is 10.1. The lowest BCUT2D eigenvalue weighted by Gasteiger charge is -2.15. The Bertz CT molecular complexity index is 923. The zero-order valence-corrected chi connectivity index (χ0v) is 14.3. The third-order valence-corrected chi connectivity index (χ3v) is 4.04. The predicted molar refractivity (Wildman–Crippen MR) is 91.8 cm³/mol. The zero-order chi connectivity index (χ0) is 18.0. The minimum atomic E-state index is -0.459. The molecule has 3 aromatic rings. The number of benzene rings is 1. The van der Waals surface area contributed by atoms with Gasteiger partial charge in [-0.1, -0.05) is 6.07 Å². The number of amides is 1. The van der Waals surface area contributed by atoms with E-state index in [1.54, 1.807) is 29.9 Å². The molecule has 7 heteroatoms. The van der Waals surface area contributed by atoms with Crippen molar-refractivity contribution in [3.63, 3.8) is 0 Å². The van der Waals surface area contributed by atoms with Gasteiger partial charge in [0.1, 0.15) is 6.54 Å². The number of aryl methyl sites for hydroxylation is 1. The molecule has 1 N–H and O–H groups in total. The maximum atomic E-state index is 13.8. The van der Waals surface area contributed by atoms with E-state index in [-0.39, 0.29) is 24.2 Å². The van der Waals surface area contributed by atoms with Crippen molar-refractivity contribution in [3.8, 4) is 5.75 Å². The molecule has 1 amide bonds. The maximum Gasteiger partial charge on any atom is 0.242 e. The fourth-order valence-corrected chi connectivity index (χ4v) is 2.74. The number of nitrogens with one attached hydrogen (secondary N) is 1. The van der Waals surface area contributed by atoms with E-state index in [2.05, 4.69) is 15.4 Å². The molecule has 0 spiro atoms. The smallest absolute Gasteiger partial charge is 0.242 e. The number of pyridine rings is 1. The Kier molecular flexibility index (Phi) is 4.65. The standard InChI is InChI=1S/C18H19FN4O2/c1-11(13-6-7-16(25-3)15(19)9-13)21-17(24)10-23-18-14(12(2)22-23)5-4-8-20-18/h4-9,11H,10H2,1-3H3,(H,21,24). The summed E-state index contributed by atoms with van der Waals surface area (Å²) < 4.78 is 20.3. The molecule has 2 aromatic heterocycles. The highest BCUT2D eigenvalue weighted by molar-refractivity contribution is 5.81. The van der Waals surface area contributed by atoms with E-state index in [0.717, 1.165) is 11.1 Å². The third kappa shape index (κ3) is 3.45. The second kappa shape index (κ2) is 6.88. The molecule has 0 saturated carbocycles. The minimum Gasteiger partial charge on any atom is -0.494 e. The molecule has 0 aliphatic heterocycles. The summed E-state index contributed by atoms with van der Waals surface area (Å²) in [5, 5.41) is 8.13. The van der Waals surface area contributed by atoms with Gasteiger partial charge in [0.05, 0.1) is 18.8 Å². The van der Waals surface area contributed by atoms with E-state index in [1.807, 2.05) is 19.1 Å². The van der Waals surface area contributed by atoms with Crippen molar-refractivity contribution in [2.75, 3.05) is 7.11 Å². The maximum absolute atomic E-state index is 13.8. The van der Waals surface area contributed by atoms with Crippen LogP contribution in [-0.2, 0) is 11.3 Å². The normalized spacial score (nSPS) is 12.2. The van der Waals surface area contributed by atoms with Gasteiger partial charge in [-0.05, 0) is 43.7 Å². The van der Waals surface area contributed by atoms with E-state index in [9.17, 15) is 9.18 Å². The van der Waals surface area contributed by atoms with Crippen molar-refractivity contribution < 1.29 is 13.9 Å². The van der Waals surface area contributed by atoms with Gasteiger partial charge in [-0.2, -0.15) is 5.10 Å². The summed E-state index contributed by atoms with van der Waals surface area (Å²) in [7, 11) is 1.41. The van der Waals surface area contributed by atoms with Crippen LogP contribution in [0, 0.1) is 12.7 Å². The molecule has 0 bridgehead atoms. The molecule has 1 unspecified atom stereocenters. The number of nitrogens with zero attached hydrogens (tertiary/aromatic N) is 3. The molecule has 2 heterocycles. The first-order chi connectivity index (χ1) is 12.0. The van der Waals surface area contributed by atoms with Gasteiger partial charge in [0, 0.05) is 11.6 Å². The Morgan fingerprint density at radius 2 is 2.20 bits per heavy atom. The molecule has 25 heavy (non-hydrogen) atoms. The van der Waals surface area contributed by atoms with Crippen molar-refractivity contribution >= 4 is 16.9 Å². The van der Waals surface area contributed by atoms with Gasteiger partial charge >= 0.3 is 0 Å². The van der Waals surface area contributed by atoms with Crippen LogP contribution in [0.2, 0.25) is 0 Å². The SMILES string of the molecule is COc1ccc(C(C)NC(=O)Cn2nc(C)c3cccnc32)cc1F. The Labute approximate surface area is 144 Å². The van der Waals surface area contributed by atoms with Crippen LogP contribution in [-0.4, -0.2) is 27.8 Å². The molecule has 1 aromatic carbocycles. The summed E-state index contributed by atoms with van der Waals surface area (Å²) >= 11 is 0. The quantitative estimate of drug-likeness (QED) is 0.774. The molecule has 0 aliphatic carbocycles. The largest absolute Gasteiger partial charge is 0.494 e. The van der Waals surface area contributed by atoms with Crippen LogP contribution < -0.4 is 10.1 Å². The van der Waals surface area contributed by atoms with Crippen LogP contribution in [0.25, 0.3) is 11.0 Å². The highest BCUT2D eigenvalue weighted by atomic mass is 19.1. The molecule has 0 fully saturated rings. The highest BCUT2D eigenvalue weighted by Crippen LogP contribution is 2.22. The summed E-state index contributed by atoms with van der Waals surface area (Å²) in [6, 6.07) is 8.04. The zero-order valence-electron chi connectivity index (χ0n) is 14.3. The highest BCUT2D eigenvalue weighted by Gasteiger charge is 2.15. The van der Waals surface area contributed by atoms with E-state index in [1.165, 1.54) is 13.2 Å². The first kappa shape index (κ1) is 16.9. The Hall–Kier alpha value is -2.96. The number of hydrogen-bond acceptors (Lipinski definition) is 4. The fourth-order valence-electron chi connectivity index (χ4n) is 2.74. The van der Waals surface area contributed by atoms with Crippen molar-refractivity contribution in [3.05, 3.63) is 53.6 Å². The lowest BCUT2D eigenvalue weighted by molar-refractivity contribution is -0.122. The molecular weight excluding hydrogens is 323 g/mol. The molecule has 0 radical (unpaired) electrons. The summed E-state index contributed by atoms with van der Waals surface area (Å²) in [6.07, 6.45) is 1.67. The van der Waals surface area contributed by atoms with E-state index in [4.69, 9.17) is 4.74 Å². The molecule has 6 nitrogen and oxygen atoms in total. The molecular formula is C18H19FN4O2. The predicted octanol–water partition coefficient (Wildman–Crippen LogP) is 2.76. The number of hydrogen-bond donors (Lipinski definition) is 1. The van der Waals surface area contributed by atoms with Gasteiger partial charge in [-0.25, -0.2) is 14.1 Å². The number of aromatic nitrogens is 3. The van der Waals surface area contributed by atoms with Gasteiger partial charge in [-0.3, -0.25) is 4.79 Å². The van der Waals surface area contributed by atoms with E-state index in [0.29, 0.717) is 11.2 Å². The number of ether oxygens (including phenoxy) is 1. The first-order valence-electron chi connectivity index (χ1n) is 7.90. The second-order valence-corrected chi connectivity index (χ2v) is 5.80. The van der Waals surface area contributed by atoms with Crippen LogP contribution in [0.15, 0.2) is 36.5 Å². The topological polar surface area (TPSA) is 69.0 Å². The van der Waals surface area contributed by atoms with Gasteiger partial charge in [-0.15, -0.1) is 0 Å². The van der Waals surface area contributed by atoms with Gasteiger partial charge in [0.25, 0.3) is 0 Å². The van der Waals surface area contributed by atoms with E-state index >= 15 is 0 Å². The van der Waals surface area contributed by atoms with Crippen LogP contribution in [0.1, 0.15) is 24.2 Å². The molecule has 0 saturated heterocycles. The van der Waals surface area contributed by atoms with Gasteiger partial charge < -0.3 is 10.1 Å². The first-order valence-corrected chi connectivity index (χ1v) is 7.90. The number of halogens is 1. The third-order valence-electron chi connectivity index (χ3n) is 4.04. The summed E-state index contributed by atoms with van der Waals surface area (Å²) in [6.45, 7) is 3.72. The number of methoxy groups -OCH3 is 1. The average molecular weight is 342 g/mol. The molecule has 0 aliphatic rings. The molecule has 130 valence electrons. The van der Waals surface area contributed by atoms with Crippen molar-refractivity contribution in [1.82, 2.24) is 20.1 Å². The van der Waals surface area contributed by atoms with Crippen LogP contribution in [0.3, 0.4) is 0 Å². The lowest BCUT2D eigenvalue weighted by Crippen LogP contribution is -2.30. The monoisotopic (exact) mass is 342 g/mol. The number of rotatable bonds is 5. The van der Waals surface area contributed by atoms with Crippen LogP contribution in [0.5, 0.6) is 5.75 Å². The number of carbonyl (C=O) groups is 1. The summed E-state index contributed by atoms with van der Waals surface area (Å²) in [5.74, 6) is -0.510. The van der Waals surface area contributed by atoms with Crippen molar-refractivity contribution in [2.45, 2.75) is 26.4 Å². The number of carbonyl (C=O) groups excluding carboxylic acids is 1. The Balaban J connectivity index is 1.72. The summed E-state index contributed by atoms with van der Waals surface area (Å²) in [4.78, 5) is 16.6.